The van der Waals surface area contributed by atoms with Gasteiger partial charge in [-0.15, -0.1) is 0 Å². The fourth-order valence-electron chi connectivity index (χ4n) is 4.14. The number of phosphoric acid groups is 1. The normalized spacial score (nSPS) is 15.3. The third-order valence-corrected chi connectivity index (χ3v) is 7.09. The highest BCUT2D eigenvalue weighted by atomic mass is 35.5. The highest BCUT2D eigenvalue weighted by molar-refractivity contribution is 7.46. The van der Waals surface area contributed by atoms with Crippen molar-refractivity contribution >= 4 is 37.0 Å². The number of anilines is 1. The van der Waals surface area contributed by atoms with Crippen LogP contribution in [0.15, 0.2) is 48.5 Å². The molecule has 0 aromatic heterocycles. The molecule has 0 bridgehead atoms. The van der Waals surface area contributed by atoms with Crippen LogP contribution in [-0.4, -0.2) is 33.7 Å². The number of nitrogens with one attached hydrogen (secondary N) is 1. The van der Waals surface area contributed by atoms with Crippen molar-refractivity contribution in [3.05, 3.63) is 93.3 Å². The predicted molar refractivity (Wildman–Crippen MR) is 136 cm³/mol. The minimum Gasteiger partial charge on any atom is -0.404 e. The lowest BCUT2D eigenvalue weighted by Gasteiger charge is -2.39. The predicted octanol–water partition coefficient (Wildman–Crippen LogP) is 5.29. The Kier molecular flexibility index (Phi) is 7.94. The number of urea groups is 1. The molecule has 0 radical (unpaired) electrons. The lowest BCUT2D eigenvalue weighted by atomic mass is 9.98. The van der Waals surface area contributed by atoms with Crippen LogP contribution in [0.2, 0.25) is 5.02 Å². The second kappa shape index (κ2) is 10.9. The maximum Gasteiger partial charge on any atom is 0.524 e. The first-order chi connectivity index (χ1) is 18.3. The number of carbonyl (C=O) groups excluding carboxylic acids is 2. The number of carbonyl (C=O) groups is 2. The van der Waals surface area contributed by atoms with Crippen molar-refractivity contribution in [1.82, 2.24) is 10.2 Å². The number of fused-ring (bicyclic) bond motifs is 1. The molecule has 1 unspecified atom stereocenters. The van der Waals surface area contributed by atoms with Crippen LogP contribution >= 0.6 is 19.4 Å². The van der Waals surface area contributed by atoms with Gasteiger partial charge in [-0.05, 0) is 36.8 Å². The number of halogens is 4. The molecule has 1 heterocycles. The fourth-order valence-corrected chi connectivity index (χ4v) is 4.75. The van der Waals surface area contributed by atoms with Crippen LogP contribution in [-0.2, 0) is 17.7 Å². The molecule has 4 rings (SSSR count). The maximum atomic E-state index is 14.5. The van der Waals surface area contributed by atoms with Crippen molar-refractivity contribution in [3.8, 4) is 5.75 Å². The third kappa shape index (κ3) is 6.04. The monoisotopic (exact) mass is 583 g/mol. The summed E-state index contributed by atoms with van der Waals surface area (Å²) >= 11 is 6.17. The number of amides is 3. The van der Waals surface area contributed by atoms with Gasteiger partial charge in [0.25, 0.3) is 5.91 Å². The Hall–Kier alpha value is -3.57. The quantitative estimate of drug-likeness (QED) is 0.325. The molecule has 1 aliphatic rings. The van der Waals surface area contributed by atoms with E-state index in [2.05, 4.69) is 9.84 Å². The van der Waals surface area contributed by atoms with Crippen molar-refractivity contribution in [2.45, 2.75) is 26.1 Å². The van der Waals surface area contributed by atoms with E-state index in [1.165, 1.54) is 40.1 Å². The van der Waals surface area contributed by atoms with Crippen LogP contribution in [0.3, 0.4) is 0 Å². The highest BCUT2D eigenvalue weighted by Gasteiger charge is 2.34. The number of benzene rings is 3. The summed E-state index contributed by atoms with van der Waals surface area (Å²) in [6.07, 6.45) is 0. The van der Waals surface area contributed by atoms with E-state index in [-0.39, 0.29) is 28.7 Å². The van der Waals surface area contributed by atoms with Gasteiger partial charge in [-0.1, -0.05) is 23.7 Å². The zero-order chi connectivity index (χ0) is 28.6. The first-order valence-corrected chi connectivity index (χ1v) is 13.3. The van der Waals surface area contributed by atoms with E-state index in [0.717, 1.165) is 0 Å². The Labute approximate surface area is 226 Å². The number of nitrogens with zero attached hydrogens (tertiary/aromatic N) is 2. The minimum absolute atomic E-state index is 0.0604. The van der Waals surface area contributed by atoms with Gasteiger partial charge in [0.05, 0.1) is 18.3 Å². The Morgan fingerprint density at radius 2 is 1.74 bits per heavy atom. The Morgan fingerprint density at radius 3 is 2.36 bits per heavy atom. The molecule has 0 saturated heterocycles. The number of phosphoric ester groups is 1. The topological polar surface area (TPSA) is 119 Å². The van der Waals surface area contributed by atoms with E-state index >= 15 is 0 Å². The molecule has 0 spiro atoms. The van der Waals surface area contributed by atoms with Crippen LogP contribution in [0.4, 0.5) is 23.7 Å². The summed E-state index contributed by atoms with van der Waals surface area (Å²) in [7, 11) is -3.44. The molecule has 3 aromatic rings. The van der Waals surface area contributed by atoms with Crippen molar-refractivity contribution in [3.63, 3.8) is 0 Å². The summed E-state index contributed by atoms with van der Waals surface area (Å²) in [5, 5.41) is 2.50. The molecule has 3 aromatic carbocycles. The molecule has 0 fully saturated rings. The fraction of sp³-hybridized carbons (Fsp3) is 0.200. The average Bonchev–Trinajstić information content (AvgIpc) is 2.84. The summed E-state index contributed by atoms with van der Waals surface area (Å²) in [5.74, 6) is -4.44. The lowest BCUT2D eigenvalue weighted by Crippen LogP contribution is -2.46. The largest absolute Gasteiger partial charge is 0.524 e. The van der Waals surface area contributed by atoms with Gasteiger partial charge in [0.15, 0.2) is 0 Å². The van der Waals surface area contributed by atoms with Crippen LogP contribution in [0.25, 0.3) is 0 Å². The number of hydrogen-bond donors (Lipinski definition) is 3. The van der Waals surface area contributed by atoms with Gasteiger partial charge in [-0.2, -0.15) is 0 Å². The first-order valence-electron chi connectivity index (χ1n) is 11.4. The van der Waals surface area contributed by atoms with Crippen molar-refractivity contribution in [1.29, 1.82) is 0 Å². The third-order valence-electron chi connectivity index (χ3n) is 6.29. The number of hydrogen-bond acceptors (Lipinski definition) is 4. The molecule has 3 N–H and O–H groups in total. The molecule has 1 atom stereocenters. The van der Waals surface area contributed by atoms with E-state index in [0.29, 0.717) is 23.4 Å². The van der Waals surface area contributed by atoms with E-state index in [4.69, 9.17) is 21.4 Å². The van der Waals surface area contributed by atoms with Gasteiger partial charge in [0, 0.05) is 47.4 Å². The van der Waals surface area contributed by atoms with Gasteiger partial charge < -0.3 is 14.7 Å². The standard InChI is InChI=1S/C25H22ClF3N3O6P/c1-13-16-7-6-14(24(33)30-11-17-21(28)9-15(10-22(17)29)38-39(35,36)37)8-23(16)32(25(34)31(13)2)12-18-19(26)4-3-5-20(18)27/h3-10,13H,11-12H2,1-2H3,(H,30,33)(H2,35,36,37). The van der Waals surface area contributed by atoms with Gasteiger partial charge in [-0.25, -0.2) is 22.5 Å². The first kappa shape index (κ1) is 28.4. The SMILES string of the molecule is CC1c2ccc(C(=O)NCc3c(F)cc(OP(=O)(O)O)cc3F)cc2N(Cc2c(F)cccc2Cl)C(=O)N1C. The summed E-state index contributed by atoms with van der Waals surface area (Å²) < 4.78 is 58.4. The van der Waals surface area contributed by atoms with E-state index < -0.39 is 55.1 Å². The van der Waals surface area contributed by atoms with Gasteiger partial charge in [0.2, 0.25) is 0 Å². The second-order valence-electron chi connectivity index (χ2n) is 8.76. The van der Waals surface area contributed by atoms with E-state index in [9.17, 15) is 27.3 Å². The zero-order valence-corrected chi connectivity index (χ0v) is 22.1. The highest BCUT2D eigenvalue weighted by Crippen LogP contribution is 2.39. The molecular weight excluding hydrogens is 562 g/mol. The summed E-state index contributed by atoms with van der Waals surface area (Å²) in [5.41, 5.74) is 0.604. The van der Waals surface area contributed by atoms with Gasteiger partial charge in [-0.3, -0.25) is 19.5 Å². The van der Waals surface area contributed by atoms with Crippen molar-refractivity contribution in [2.75, 3.05) is 11.9 Å². The summed E-state index contributed by atoms with van der Waals surface area (Å²) in [6, 6.07) is 9.02. The van der Waals surface area contributed by atoms with E-state index in [1.807, 2.05) is 0 Å². The Morgan fingerprint density at radius 1 is 1.08 bits per heavy atom. The van der Waals surface area contributed by atoms with Gasteiger partial charge >= 0.3 is 13.9 Å². The smallest absolute Gasteiger partial charge is 0.404 e. The average molecular weight is 584 g/mol. The van der Waals surface area contributed by atoms with Crippen LogP contribution in [0.5, 0.6) is 5.75 Å². The summed E-state index contributed by atoms with van der Waals surface area (Å²) in [6.45, 7) is 0.977. The minimum atomic E-state index is -5.03. The van der Waals surface area contributed by atoms with Crippen molar-refractivity contribution in [2.24, 2.45) is 0 Å². The van der Waals surface area contributed by atoms with Gasteiger partial charge in [0.1, 0.15) is 23.2 Å². The van der Waals surface area contributed by atoms with Crippen LogP contribution < -0.4 is 14.7 Å². The second-order valence-corrected chi connectivity index (χ2v) is 10.3. The lowest BCUT2D eigenvalue weighted by molar-refractivity contribution is 0.0950. The summed E-state index contributed by atoms with van der Waals surface area (Å²) in [4.78, 5) is 46.4. The maximum absolute atomic E-state index is 14.5. The molecule has 14 heteroatoms. The van der Waals surface area contributed by atoms with E-state index in [1.54, 1.807) is 20.0 Å². The number of rotatable bonds is 7. The molecule has 9 nitrogen and oxygen atoms in total. The van der Waals surface area contributed by atoms with Crippen LogP contribution in [0, 0.1) is 17.5 Å². The Balaban J connectivity index is 1.60. The molecule has 39 heavy (non-hydrogen) atoms. The molecule has 206 valence electrons. The van der Waals surface area contributed by atoms with Crippen molar-refractivity contribution < 1.29 is 41.6 Å². The Bertz CT molecular complexity index is 1480. The zero-order valence-electron chi connectivity index (χ0n) is 20.5. The molecular formula is C25H22ClF3N3O6P. The molecule has 0 aliphatic carbocycles. The molecule has 0 saturated carbocycles. The molecule has 1 aliphatic heterocycles. The van der Waals surface area contributed by atoms with Crippen LogP contribution in [0.1, 0.15) is 40.0 Å². The molecule has 3 amide bonds.